The van der Waals surface area contributed by atoms with Gasteiger partial charge in [0.25, 0.3) is 5.91 Å². The molecule has 0 bridgehead atoms. The molecule has 8 nitrogen and oxygen atoms in total. The number of rotatable bonds is 6. The van der Waals surface area contributed by atoms with Gasteiger partial charge in [-0.05, 0) is 25.8 Å². The van der Waals surface area contributed by atoms with Crippen LogP contribution < -0.4 is 14.2 Å². The molecule has 1 amide bonds. The minimum Gasteiger partial charge on any atom is -0.478 e. The first-order valence-corrected chi connectivity index (χ1v) is 8.61. The van der Waals surface area contributed by atoms with E-state index in [0.717, 1.165) is 12.8 Å². The monoisotopic (exact) mass is 358 g/mol. The van der Waals surface area contributed by atoms with Gasteiger partial charge in [-0.3, -0.25) is 4.79 Å². The van der Waals surface area contributed by atoms with Crippen LogP contribution in [-0.4, -0.2) is 58.7 Å². The van der Waals surface area contributed by atoms with E-state index in [1.165, 1.54) is 7.11 Å². The Balaban J connectivity index is 1.62. The average Bonchev–Trinajstić information content (AvgIpc) is 2.69. The van der Waals surface area contributed by atoms with Crippen molar-refractivity contribution in [2.24, 2.45) is 0 Å². The molecule has 138 valence electrons. The molecule has 2 aromatic rings. The van der Waals surface area contributed by atoms with E-state index < -0.39 is 0 Å². The van der Waals surface area contributed by atoms with Gasteiger partial charge in [-0.1, -0.05) is 0 Å². The Morgan fingerprint density at radius 3 is 2.88 bits per heavy atom. The number of ether oxygens (including phenoxy) is 3. The van der Waals surface area contributed by atoms with Gasteiger partial charge in [-0.2, -0.15) is 4.98 Å². The summed E-state index contributed by atoms with van der Waals surface area (Å²) in [5.41, 5.74) is 0.540. The van der Waals surface area contributed by atoms with Gasteiger partial charge in [-0.25, -0.2) is 9.97 Å². The van der Waals surface area contributed by atoms with Crippen molar-refractivity contribution in [2.45, 2.75) is 25.9 Å². The number of methoxy groups -OCH3 is 1. The summed E-state index contributed by atoms with van der Waals surface area (Å²) in [6, 6.07) is 5.38. The normalized spacial score (nSPS) is 16.8. The quantitative estimate of drug-likeness (QED) is 0.780. The second kappa shape index (κ2) is 8.46. The Hall–Kier alpha value is -2.90. The number of carbonyl (C=O) groups excluding carboxylic acids is 1. The molecule has 0 aliphatic carbocycles. The molecule has 1 unspecified atom stereocenters. The highest BCUT2D eigenvalue weighted by Crippen LogP contribution is 2.20. The molecule has 3 rings (SSSR count). The summed E-state index contributed by atoms with van der Waals surface area (Å²) in [7, 11) is 1.50. The highest BCUT2D eigenvalue weighted by molar-refractivity contribution is 5.94. The van der Waals surface area contributed by atoms with E-state index in [1.54, 1.807) is 35.5 Å². The number of carbonyl (C=O) groups is 1. The molecule has 0 spiro atoms. The lowest BCUT2D eigenvalue weighted by molar-refractivity contribution is 0.0525. The predicted octanol–water partition coefficient (Wildman–Crippen LogP) is 1.96. The lowest BCUT2D eigenvalue weighted by atomic mass is 10.1. The van der Waals surface area contributed by atoms with Gasteiger partial charge in [0.1, 0.15) is 6.10 Å². The first-order chi connectivity index (χ1) is 12.7. The van der Waals surface area contributed by atoms with Gasteiger partial charge in [0.2, 0.25) is 11.8 Å². The lowest BCUT2D eigenvalue weighted by Crippen LogP contribution is -2.44. The number of pyridine rings is 1. The number of piperidine rings is 1. The zero-order valence-corrected chi connectivity index (χ0v) is 14.9. The van der Waals surface area contributed by atoms with Crippen LogP contribution in [-0.2, 0) is 0 Å². The van der Waals surface area contributed by atoms with Crippen molar-refractivity contribution in [3.8, 4) is 17.8 Å². The van der Waals surface area contributed by atoms with Crippen LogP contribution >= 0.6 is 0 Å². The molecule has 0 radical (unpaired) electrons. The minimum atomic E-state index is -0.122. The summed E-state index contributed by atoms with van der Waals surface area (Å²) in [4.78, 5) is 26.8. The molecule has 1 fully saturated rings. The second-order valence-electron chi connectivity index (χ2n) is 5.83. The van der Waals surface area contributed by atoms with Gasteiger partial charge in [-0.15, -0.1) is 0 Å². The van der Waals surface area contributed by atoms with E-state index in [-0.39, 0.29) is 18.0 Å². The number of likely N-dealkylation sites (tertiary alicyclic amines) is 1. The third-order valence-corrected chi connectivity index (χ3v) is 4.02. The molecular formula is C18H22N4O4. The molecule has 26 heavy (non-hydrogen) atoms. The van der Waals surface area contributed by atoms with Crippen molar-refractivity contribution in [1.82, 2.24) is 19.9 Å². The summed E-state index contributed by atoms with van der Waals surface area (Å²) in [5.74, 6) is 0.898. The van der Waals surface area contributed by atoms with E-state index in [4.69, 9.17) is 14.2 Å². The van der Waals surface area contributed by atoms with Crippen LogP contribution in [0.15, 0.2) is 30.6 Å². The maximum Gasteiger partial charge on any atom is 0.319 e. The van der Waals surface area contributed by atoms with Crippen LogP contribution in [0.5, 0.6) is 17.8 Å². The van der Waals surface area contributed by atoms with E-state index in [9.17, 15) is 4.79 Å². The predicted molar refractivity (Wildman–Crippen MR) is 93.5 cm³/mol. The van der Waals surface area contributed by atoms with Crippen LogP contribution in [0.25, 0.3) is 0 Å². The van der Waals surface area contributed by atoms with Crippen molar-refractivity contribution < 1.29 is 19.0 Å². The Morgan fingerprint density at radius 1 is 1.27 bits per heavy atom. The fourth-order valence-electron chi connectivity index (χ4n) is 2.80. The van der Waals surface area contributed by atoms with Gasteiger partial charge in [0.05, 0.1) is 25.8 Å². The van der Waals surface area contributed by atoms with Gasteiger partial charge in [0, 0.05) is 31.1 Å². The fourth-order valence-corrected chi connectivity index (χ4v) is 2.80. The second-order valence-corrected chi connectivity index (χ2v) is 5.83. The Kier molecular flexibility index (Phi) is 5.83. The van der Waals surface area contributed by atoms with Crippen LogP contribution in [0.3, 0.4) is 0 Å². The summed E-state index contributed by atoms with van der Waals surface area (Å²) < 4.78 is 16.2. The van der Waals surface area contributed by atoms with E-state index >= 15 is 0 Å². The average molecular weight is 358 g/mol. The number of nitrogens with zero attached hydrogens (tertiary/aromatic N) is 4. The molecule has 0 saturated carbocycles. The largest absolute Gasteiger partial charge is 0.478 e. The zero-order valence-electron chi connectivity index (χ0n) is 14.9. The van der Waals surface area contributed by atoms with Gasteiger partial charge in [0.15, 0.2) is 0 Å². The zero-order chi connectivity index (χ0) is 18.4. The smallest absolute Gasteiger partial charge is 0.319 e. The summed E-state index contributed by atoms with van der Waals surface area (Å²) in [5, 5.41) is 0. The molecule has 3 heterocycles. The van der Waals surface area contributed by atoms with Crippen LogP contribution in [0, 0.1) is 0 Å². The summed E-state index contributed by atoms with van der Waals surface area (Å²) in [6.07, 6.45) is 4.73. The van der Waals surface area contributed by atoms with Crippen molar-refractivity contribution in [3.63, 3.8) is 0 Å². The molecule has 1 aliphatic rings. The lowest BCUT2D eigenvalue weighted by Gasteiger charge is -2.32. The van der Waals surface area contributed by atoms with Crippen LogP contribution in [0.1, 0.15) is 30.1 Å². The molecule has 2 aromatic heterocycles. The molecule has 1 saturated heterocycles. The summed E-state index contributed by atoms with van der Waals surface area (Å²) in [6.45, 7) is 3.62. The molecular weight excluding hydrogens is 336 g/mol. The molecule has 0 N–H and O–H groups in total. The molecule has 8 heteroatoms. The van der Waals surface area contributed by atoms with E-state index in [0.29, 0.717) is 37.0 Å². The number of hydrogen-bond donors (Lipinski definition) is 0. The number of aromatic nitrogens is 3. The van der Waals surface area contributed by atoms with Crippen molar-refractivity contribution in [3.05, 3.63) is 36.2 Å². The maximum absolute atomic E-state index is 12.7. The van der Waals surface area contributed by atoms with Gasteiger partial charge >= 0.3 is 6.01 Å². The number of amides is 1. The fraction of sp³-hybridized carbons (Fsp3) is 0.444. The highest BCUT2D eigenvalue weighted by atomic mass is 16.5. The topological polar surface area (TPSA) is 86.7 Å². The first kappa shape index (κ1) is 17.9. The van der Waals surface area contributed by atoms with Crippen LogP contribution in [0.4, 0.5) is 0 Å². The third-order valence-electron chi connectivity index (χ3n) is 4.02. The van der Waals surface area contributed by atoms with Crippen LogP contribution in [0.2, 0.25) is 0 Å². The first-order valence-electron chi connectivity index (χ1n) is 8.61. The van der Waals surface area contributed by atoms with E-state index in [2.05, 4.69) is 15.0 Å². The van der Waals surface area contributed by atoms with Crippen molar-refractivity contribution in [1.29, 1.82) is 0 Å². The van der Waals surface area contributed by atoms with Gasteiger partial charge < -0.3 is 19.1 Å². The molecule has 1 aliphatic heterocycles. The van der Waals surface area contributed by atoms with E-state index in [1.807, 2.05) is 6.92 Å². The van der Waals surface area contributed by atoms with Crippen molar-refractivity contribution in [2.75, 3.05) is 26.8 Å². The highest BCUT2D eigenvalue weighted by Gasteiger charge is 2.26. The summed E-state index contributed by atoms with van der Waals surface area (Å²) >= 11 is 0. The standard InChI is InChI=1S/C18H22N4O4/c1-3-25-15-7-6-13(11-20-15)17(23)22-10-4-5-14(12-22)26-16-8-9-19-18(21-16)24-2/h6-9,11,14H,3-5,10,12H2,1-2H3. The molecule has 0 aromatic carbocycles. The Labute approximate surface area is 152 Å². The maximum atomic E-state index is 12.7. The molecule has 1 atom stereocenters. The van der Waals surface area contributed by atoms with Crippen molar-refractivity contribution >= 4 is 5.91 Å². The SMILES string of the molecule is CCOc1ccc(C(=O)N2CCCC(Oc3ccnc(OC)n3)C2)cn1. The number of hydrogen-bond acceptors (Lipinski definition) is 7. The minimum absolute atomic E-state index is 0.0610. The Bertz CT molecular complexity index is 738. The Morgan fingerprint density at radius 2 is 2.15 bits per heavy atom. The third kappa shape index (κ3) is 4.38.